The van der Waals surface area contributed by atoms with Crippen molar-refractivity contribution in [1.29, 1.82) is 0 Å². The Labute approximate surface area is 180 Å². The van der Waals surface area contributed by atoms with Crippen LogP contribution in [-0.2, 0) is 0 Å². The van der Waals surface area contributed by atoms with Gasteiger partial charge in [0.1, 0.15) is 5.82 Å². The molecule has 0 bridgehead atoms. The number of rotatable bonds is 7. The maximum Gasteiger partial charge on any atom is 0.125 e. The highest BCUT2D eigenvalue weighted by atomic mass is 19.1. The maximum atomic E-state index is 13.7. The van der Waals surface area contributed by atoms with Gasteiger partial charge < -0.3 is 21.3 Å². The first-order valence-electron chi connectivity index (χ1n) is 11.6. The monoisotopic (exact) mass is 410 g/mol. The molecule has 4 nitrogen and oxygen atoms in total. The van der Waals surface area contributed by atoms with Crippen LogP contribution in [0.2, 0.25) is 0 Å². The molecule has 5 heteroatoms. The molecule has 1 saturated heterocycles. The first-order valence-corrected chi connectivity index (χ1v) is 11.6. The van der Waals surface area contributed by atoms with E-state index in [-0.39, 0.29) is 5.82 Å². The summed E-state index contributed by atoms with van der Waals surface area (Å²) in [6.45, 7) is 3.23. The molecule has 2 fully saturated rings. The number of piperidine rings is 1. The molecule has 4 rings (SSSR count). The van der Waals surface area contributed by atoms with Gasteiger partial charge >= 0.3 is 0 Å². The van der Waals surface area contributed by atoms with E-state index in [9.17, 15) is 4.39 Å². The van der Waals surface area contributed by atoms with Crippen molar-refractivity contribution in [3.63, 3.8) is 0 Å². The summed E-state index contributed by atoms with van der Waals surface area (Å²) in [4.78, 5) is 2.29. The van der Waals surface area contributed by atoms with Crippen LogP contribution in [0.25, 0.3) is 0 Å². The van der Waals surface area contributed by atoms with Gasteiger partial charge in [0, 0.05) is 37.9 Å². The van der Waals surface area contributed by atoms with Crippen molar-refractivity contribution in [3.8, 4) is 0 Å². The number of nitrogens with two attached hydrogens (primary N) is 1. The molecule has 4 N–H and O–H groups in total. The van der Waals surface area contributed by atoms with Gasteiger partial charge in [-0.2, -0.15) is 0 Å². The second kappa shape index (κ2) is 10.2. The van der Waals surface area contributed by atoms with Gasteiger partial charge in [-0.15, -0.1) is 0 Å². The first kappa shape index (κ1) is 21.0. The van der Waals surface area contributed by atoms with E-state index in [4.69, 9.17) is 5.73 Å². The molecule has 2 aromatic rings. The second-order valence-electron chi connectivity index (χ2n) is 8.76. The Bertz CT molecular complexity index is 819. The van der Waals surface area contributed by atoms with Gasteiger partial charge in [-0.3, -0.25) is 0 Å². The Balaban J connectivity index is 1.50. The molecule has 1 aliphatic carbocycles. The summed E-state index contributed by atoms with van der Waals surface area (Å²) in [6.07, 6.45) is 8.86. The molecule has 0 aromatic heterocycles. The second-order valence-corrected chi connectivity index (χ2v) is 8.76. The van der Waals surface area contributed by atoms with Gasteiger partial charge in [-0.25, -0.2) is 4.39 Å². The third-order valence-corrected chi connectivity index (χ3v) is 6.53. The van der Waals surface area contributed by atoms with Crippen LogP contribution in [0.3, 0.4) is 0 Å². The summed E-state index contributed by atoms with van der Waals surface area (Å²) < 4.78 is 13.7. The van der Waals surface area contributed by atoms with E-state index in [1.54, 1.807) is 12.1 Å². The van der Waals surface area contributed by atoms with Gasteiger partial charge in [-0.1, -0.05) is 31.4 Å². The molecule has 1 aliphatic heterocycles. The average Bonchev–Trinajstić information content (AvgIpc) is 2.79. The largest absolute Gasteiger partial charge is 0.382 e. The zero-order valence-corrected chi connectivity index (χ0v) is 17.9. The summed E-state index contributed by atoms with van der Waals surface area (Å²) in [7, 11) is 0. The minimum atomic E-state index is -0.170. The van der Waals surface area contributed by atoms with E-state index in [1.165, 1.54) is 49.4 Å². The van der Waals surface area contributed by atoms with E-state index in [2.05, 4.69) is 33.7 Å². The van der Waals surface area contributed by atoms with Crippen molar-refractivity contribution in [3.05, 3.63) is 53.8 Å². The maximum absolute atomic E-state index is 13.7. The molecule has 1 heterocycles. The predicted molar refractivity (Wildman–Crippen MR) is 125 cm³/mol. The van der Waals surface area contributed by atoms with Gasteiger partial charge in [-0.05, 0) is 67.5 Å². The van der Waals surface area contributed by atoms with Gasteiger partial charge in [0.05, 0.1) is 11.4 Å². The number of nitrogens with zero attached hydrogens (tertiary/aromatic N) is 1. The molecule has 1 atom stereocenters. The zero-order valence-electron chi connectivity index (χ0n) is 17.9. The first-order chi connectivity index (χ1) is 14.7. The van der Waals surface area contributed by atoms with Crippen molar-refractivity contribution >= 4 is 17.1 Å². The van der Waals surface area contributed by atoms with Crippen molar-refractivity contribution in [2.45, 2.75) is 56.9 Å². The molecule has 0 unspecified atom stereocenters. The van der Waals surface area contributed by atoms with Gasteiger partial charge in [0.15, 0.2) is 0 Å². The highest BCUT2D eigenvalue weighted by Gasteiger charge is 2.22. The standard InChI is InChI=1S/C25H35FN4/c26-21-8-4-10-23(17-21)30-15-5-9-22(18-30)29-25-16-20(19-6-2-1-3-7-19)11-12-24(25)28-14-13-27/h4,8,10-12,16-17,19,22,28-29H,1-3,5-7,9,13-15,18,27H2/t22-/m1/s1. The predicted octanol–water partition coefficient (Wildman–Crippen LogP) is 5.32. The summed E-state index contributed by atoms with van der Waals surface area (Å²) in [5.74, 6) is 0.508. The molecule has 162 valence electrons. The normalized spacial score (nSPS) is 20.2. The lowest BCUT2D eigenvalue weighted by molar-refractivity contribution is 0.443. The van der Waals surface area contributed by atoms with Gasteiger partial charge in [0.25, 0.3) is 0 Å². The summed E-state index contributed by atoms with van der Waals surface area (Å²) in [6, 6.07) is 14.1. The van der Waals surface area contributed by atoms with Crippen LogP contribution in [0.1, 0.15) is 56.4 Å². The van der Waals surface area contributed by atoms with E-state index < -0.39 is 0 Å². The fraction of sp³-hybridized carbons (Fsp3) is 0.520. The Morgan fingerprint density at radius 2 is 1.83 bits per heavy atom. The topological polar surface area (TPSA) is 53.3 Å². The number of anilines is 3. The van der Waals surface area contributed by atoms with Crippen LogP contribution in [0.15, 0.2) is 42.5 Å². The van der Waals surface area contributed by atoms with E-state index in [0.717, 1.165) is 43.9 Å². The van der Waals surface area contributed by atoms with Crippen LogP contribution in [0.5, 0.6) is 0 Å². The quantitative estimate of drug-likeness (QED) is 0.578. The van der Waals surface area contributed by atoms with Crippen LogP contribution < -0.4 is 21.3 Å². The van der Waals surface area contributed by atoms with Crippen LogP contribution in [0, 0.1) is 5.82 Å². The SMILES string of the molecule is NCCNc1ccc(C2CCCCC2)cc1N[C@@H]1CCCN(c2cccc(F)c2)C1. The smallest absolute Gasteiger partial charge is 0.125 e. The lowest BCUT2D eigenvalue weighted by Crippen LogP contribution is -2.42. The summed E-state index contributed by atoms with van der Waals surface area (Å²) in [5.41, 5.74) is 10.5. The highest BCUT2D eigenvalue weighted by molar-refractivity contribution is 5.70. The molecule has 0 amide bonds. The van der Waals surface area contributed by atoms with Crippen LogP contribution in [-0.4, -0.2) is 32.2 Å². The lowest BCUT2D eigenvalue weighted by Gasteiger charge is -2.36. The molecular formula is C25H35FN4. The average molecular weight is 411 g/mol. The number of nitrogens with one attached hydrogen (secondary N) is 2. The van der Waals surface area contributed by atoms with Crippen molar-refractivity contribution in [1.82, 2.24) is 0 Å². The molecule has 2 aromatic carbocycles. The fourth-order valence-electron chi connectivity index (χ4n) is 4.95. The number of hydrogen-bond donors (Lipinski definition) is 3. The zero-order chi connectivity index (χ0) is 20.8. The van der Waals surface area contributed by atoms with Crippen molar-refractivity contribution in [2.24, 2.45) is 5.73 Å². The van der Waals surface area contributed by atoms with Crippen LogP contribution in [0.4, 0.5) is 21.5 Å². The summed E-state index contributed by atoms with van der Waals surface area (Å²) >= 11 is 0. The number of halogens is 1. The van der Waals surface area contributed by atoms with Crippen molar-refractivity contribution in [2.75, 3.05) is 41.7 Å². The highest BCUT2D eigenvalue weighted by Crippen LogP contribution is 2.36. The molecule has 0 radical (unpaired) electrons. The number of benzene rings is 2. The lowest BCUT2D eigenvalue weighted by atomic mass is 9.84. The Morgan fingerprint density at radius 3 is 2.63 bits per heavy atom. The van der Waals surface area contributed by atoms with Crippen LogP contribution >= 0.6 is 0 Å². The van der Waals surface area contributed by atoms with E-state index >= 15 is 0 Å². The van der Waals surface area contributed by atoms with Gasteiger partial charge in [0.2, 0.25) is 0 Å². The molecule has 1 saturated carbocycles. The third kappa shape index (κ3) is 5.25. The summed E-state index contributed by atoms with van der Waals surface area (Å²) in [5, 5.41) is 7.30. The molecule has 0 spiro atoms. The molecular weight excluding hydrogens is 375 g/mol. The Kier molecular flexibility index (Phi) is 7.11. The molecule has 2 aliphatic rings. The van der Waals surface area contributed by atoms with Crippen molar-refractivity contribution < 1.29 is 4.39 Å². The Morgan fingerprint density at radius 1 is 0.967 bits per heavy atom. The minimum absolute atomic E-state index is 0.170. The molecule has 30 heavy (non-hydrogen) atoms. The Hall–Kier alpha value is -2.27. The fourth-order valence-corrected chi connectivity index (χ4v) is 4.95. The third-order valence-electron chi connectivity index (χ3n) is 6.53. The van der Waals surface area contributed by atoms with E-state index in [0.29, 0.717) is 18.5 Å². The minimum Gasteiger partial charge on any atom is -0.382 e. The number of hydrogen-bond acceptors (Lipinski definition) is 4. The van der Waals surface area contributed by atoms with E-state index in [1.807, 2.05) is 6.07 Å².